The highest BCUT2D eigenvalue weighted by Gasteiger charge is 2.28. The van der Waals surface area contributed by atoms with Gasteiger partial charge in [-0.25, -0.2) is 9.97 Å². The molecular formula is C13H18ClN3O. The summed E-state index contributed by atoms with van der Waals surface area (Å²) in [5.41, 5.74) is 0. The molecular weight excluding hydrogens is 250 g/mol. The Hall–Kier alpha value is -0.870. The van der Waals surface area contributed by atoms with Crippen molar-refractivity contribution in [2.45, 2.75) is 44.1 Å². The summed E-state index contributed by atoms with van der Waals surface area (Å²) in [5.74, 6) is 2.48. The number of halogens is 1. The number of aromatic nitrogens is 2. The molecule has 18 heavy (non-hydrogen) atoms. The largest absolute Gasteiger partial charge is 0.393 e. The molecule has 2 saturated carbocycles. The highest BCUT2D eigenvalue weighted by atomic mass is 35.5. The number of aliphatic hydroxyl groups excluding tert-OH is 1. The van der Waals surface area contributed by atoms with Crippen LogP contribution in [-0.2, 0) is 0 Å². The molecule has 3 rings (SSSR count). The predicted molar refractivity (Wildman–Crippen MR) is 70.9 cm³/mol. The van der Waals surface area contributed by atoms with Gasteiger partial charge in [-0.15, -0.1) is 0 Å². The minimum Gasteiger partial charge on any atom is -0.393 e. The van der Waals surface area contributed by atoms with E-state index >= 15 is 0 Å². The molecule has 98 valence electrons. The van der Waals surface area contributed by atoms with Crippen molar-refractivity contribution in [1.29, 1.82) is 0 Å². The molecule has 2 unspecified atom stereocenters. The molecule has 2 aliphatic rings. The van der Waals surface area contributed by atoms with Crippen LogP contribution >= 0.6 is 11.6 Å². The topological polar surface area (TPSA) is 58.0 Å². The first-order valence-electron chi connectivity index (χ1n) is 6.69. The smallest absolute Gasteiger partial charge is 0.135 e. The van der Waals surface area contributed by atoms with Crippen LogP contribution in [0.2, 0.25) is 5.15 Å². The highest BCUT2D eigenvalue weighted by molar-refractivity contribution is 6.29. The van der Waals surface area contributed by atoms with Gasteiger partial charge in [-0.3, -0.25) is 0 Å². The highest BCUT2D eigenvalue weighted by Crippen LogP contribution is 2.38. The van der Waals surface area contributed by atoms with Gasteiger partial charge in [0.25, 0.3) is 0 Å². The minimum atomic E-state index is -0.169. The summed E-state index contributed by atoms with van der Waals surface area (Å²) >= 11 is 6.01. The normalized spacial score (nSPS) is 27.4. The molecule has 1 aromatic heterocycles. The van der Waals surface area contributed by atoms with E-state index in [1.165, 1.54) is 12.8 Å². The Bertz CT molecular complexity index is 436. The fraction of sp³-hybridized carbons (Fsp3) is 0.692. The number of hydrogen-bond acceptors (Lipinski definition) is 4. The van der Waals surface area contributed by atoms with Gasteiger partial charge in [-0.05, 0) is 25.7 Å². The van der Waals surface area contributed by atoms with Gasteiger partial charge in [0.1, 0.15) is 16.8 Å². The first-order chi connectivity index (χ1) is 8.72. The van der Waals surface area contributed by atoms with Crippen LogP contribution in [0.3, 0.4) is 0 Å². The Morgan fingerprint density at radius 1 is 1.28 bits per heavy atom. The van der Waals surface area contributed by atoms with Crippen LogP contribution in [0.4, 0.5) is 5.82 Å². The first kappa shape index (κ1) is 12.2. The zero-order chi connectivity index (χ0) is 12.5. The van der Waals surface area contributed by atoms with Crippen LogP contribution in [0.15, 0.2) is 6.07 Å². The fourth-order valence-electron chi connectivity index (χ4n) is 2.54. The molecule has 2 atom stereocenters. The number of rotatable bonds is 4. The molecule has 4 nitrogen and oxygen atoms in total. The zero-order valence-electron chi connectivity index (χ0n) is 10.3. The van der Waals surface area contributed by atoms with Gasteiger partial charge < -0.3 is 10.4 Å². The van der Waals surface area contributed by atoms with Crippen molar-refractivity contribution < 1.29 is 5.11 Å². The van der Waals surface area contributed by atoms with Gasteiger partial charge >= 0.3 is 0 Å². The summed E-state index contributed by atoms with van der Waals surface area (Å²) in [7, 11) is 0. The van der Waals surface area contributed by atoms with E-state index < -0.39 is 0 Å². The molecule has 5 heteroatoms. The zero-order valence-corrected chi connectivity index (χ0v) is 11.0. The van der Waals surface area contributed by atoms with Crippen LogP contribution in [0.1, 0.15) is 43.8 Å². The van der Waals surface area contributed by atoms with Crippen molar-refractivity contribution in [1.82, 2.24) is 9.97 Å². The lowest BCUT2D eigenvalue weighted by atomic mass is 10.1. The van der Waals surface area contributed by atoms with Crippen molar-refractivity contribution >= 4 is 17.4 Å². The molecule has 2 aliphatic carbocycles. The van der Waals surface area contributed by atoms with Gasteiger partial charge in [-0.2, -0.15) is 0 Å². The summed E-state index contributed by atoms with van der Waals surface area (Å²) < 4.78 is 0. The van der Waals surface area contributed by atoms with Gasteiger partial charge in [0.15, 0.2) is 0 Å². The van der Waals surface area contributed by atoms with Crippen molar-refractivity contribution in [3.63, 3.8) is 0 Å². The molecule has 0 amide bonds. The van der Waals surface area contributed by atoms with E-state index in [1.54, 1.807) is 6.07 Å². The van der Waals surface area contributed by atoms with E-state index in [0.717, 1.165) is 37.4 Å². The number of hydrogen-bond donors (Lipinski definition) is 2. The summed E-state index contributed by atoms with van der Waals surface area (Å²) in [5, 5.41) is 13.6. The number of nitrogens with zero attached hydrogens (tertiary/aromatic N) is 2. The average Bonchev–Trinajstić information content (AvgIpc) is 3.11. The summed E-state index contributed by atoms with van der Waals surface area (Å²) in [4.78, 5) is 8.75. The minimum absolute atomic E-state index is 0.169. The maximum absolute atomic E-state index is 9.78. The lowest BCUT2D eigenvalue weighted by Crippen LogP contribution is -2.22. The molecule has 1 aromatic rings. The molecule has 0 aromatic carbocycles. The molecule has 0 saturated heterocycles. The maximum atomic E-state index is 9.78. The molecule has 0 aliphatic heterocycles. The molecule has 1 heterocycles. The first-order valence-corrected chi connectivity index (χ1v) is 7.06. The SMILES string of the molecule is OC1CCCC1CNc1cc(Cl)nc(C2CC2)n1. The van der Waals surface area contributed by atoms with Crippen LogP contribution in [0, 0.1) is 5.92 Å². The Morgan fingerprint density at radius 3 is 2.78 bits per heavy atom. The van der Waals surface area contributed by atoms with E-state index in [2.05, 4.69) is 15.3 Å². The Balaban J connectivity index is 1.64. The van der Waals surface area contributed by atoms with Crippen molar-refractivity contribution in [3.05, 3.63) is 17.0 Å². The third-order valence-corrected chi connectivity index (χ3v) is 4.01. The quantitative estimate of drug-likeness (QED) is 0.824. The maximum Gasteiger partial charge on any atom is 0.135 e. The van der Waals surface area contributed by atoms with Crippen molar-refractivity contribution in [2.75, 3.05) is 11.9 Å². The van der Waals surface area contributed by atoms with Gasteiger partial charge in [0.05, 0.1) is 6.10 Å². The van der Waals surface area contributed by atoms with E-state index in [9.17, 15) is 5.11 Å². The second-order valence-corrected chi connectivity index (χ2v) is 5.73. The Kier molecular flexibility index (Phi) is 3.39. The van der Waals surface area contributed by atoms with Gasteiger partial charge in [0, 0.05) is 24.4 Å². The summed E-state index contributed by atoms with van der Waals surface area (Å²) in [6.45, 7) is 0.763. The predicted octanol–water partition coefficient (Wildman–Crippen LogP) is 2.58. The van der Waals surface area contributed by atoms with E-state index in [-0.39, 0.29) is 6.10 Å². The van der Waals surface area contributed by atoms with Gasteiger partial charge in [0.2, 0.25) is 0 Å². The lowest BCUT2D eigenvalue weighted by Gasteiger charge is -2.15. The molecule has 2 N–H and O–H groups in total. The Morgan fingerprint density at radius 2 is 2.11 bits per heavy atom. The Labute approximate surface area is 112 Å². The van der Waals surface area contributed by atoms with E-state index in [1.807, 2.05) is 0 Å². The second kappa shape index (κ2) is 5.02. The lowest BCUT2D eigenvalue weighted by molar-refractivity contribution is 0.138. The number of nitrogens with one attached hydrogen (secondary N) is 1. The van der Waals surface area contributed by atoms with E-state index in [4.69, 9.17) is 11.6 Å². The third kappa shape index (κ3) is 2.75. The summed E-state index contributed by atoms with van der Waals surface area (Å²) in [6.07, 6.45) is 5.29. The monoisotopic (exact) mass is 267 g/mol. The second-order valence-electron chi connectivity index (χ2n) is 5.35. The van der Waals surface area contributed by atoms with Crippen LogP contribution in [0.5, 0.6) is 0 Å². The molecule has 2 fully saturated rings. The number of aliphatic hydroxyl groups is 1. The molecule has 0 bridgehead atoms. The van der Waals surface area contributed by atoms with Crippen LogP contribution in [-0.4, -0.2) is 27.7 Å². The standard InChI is InChI=1S/C13H18ClN3O/c14-11-6-12(17-13(16-11)8-4-5-8)15-7-9-2-1-3-10(9)18/h6,8-10,18H,1-5,7H2,(H,15,16,17). The number of anilines is 1. The molecule has 0 spiro atoms. The summed E-state index contributed by atoms with van der Waals surface area (Å²) in [6, 6.07) is 1.76. The van der Waals surface area contributed by atoms with E-state index in [0.29, 0.717) is 17.0 Å². The average molecular weight is 268 g/mol. The van der Waals surface area contributed by atoms with Crippen LogP contribution in [0.25, 0.3) is 0 Å². The van der Waals surface area contributed by atoms with Crippen LogP contribution < -0.4 is 5.32 Å². The molecule has 0 radical (unpaired) electrons. The van der Waals surface area contributed by atoms with Crippen molar-refractivity contribution in [3.8, 4) is 0 Å². The van der Waals surface area contributed by atoms with Crippen molar-refractivity contribution in [2.24, 2.45) is 5.92 Å². The third-order valence-electron chi connectivity index (χ3n) is 3.82. The van der Waals surface area contributed by atoms with Gasteiger partial charge in [-0.1, -0.05) is 18.0 Å². The fourth-order valence-corrected chi connectivity index (χ4v) is 2.73.